The molecule has 4 heteroatoms. The van der Waals surface area contributed by atoms with Crippen LogP contribution in [0, 0.1) is 3.57 Å². The van der Waals surface area contributed by atoms with Crippen LogP contribution < -0.4 is 10.6 Å². The predicted molar refractivity (Wildman–Crippen MR) is 87.3 cm³/mol. The third-order valence-corrected chi connectivity index (χ3v) is 4.22. The van der Waals surface area contributed by atoms with Gasteiger partial charge in [-0.3, -0.25) is 4.79 Å². The van der Waals surface area contributed by atoms with Gasteiger partial charge in [-0.05, 0) is 60.6 Å². The van der Waals surface area contributed by atoms with Gasteiger partial charge in [0.1, 0.15) is 6.04 Å². The van der Waals surface area contributed by atoms with Gasteiger partial charge in [-0.15, -0.1) is 0 Å². The number of carbonyl (C=O) groups excluding carboxylic acids is 1. The van der Waals surface area contributed by atoms with E-state index >= 15 is 0 Å². The zero-order valence-corrected chi connectivity index (χ0v) is 13.4. The first-order chi connectivity index (χ1) is 9.15. The minimum absolute atomic E-state index is 0.103. The number of anilines is 1. The highest BCUT2D eigenvalue weighted by atomic mass is 127. The monoisotopic (exact) mass is 372 g/mol. The van der Waals surface area contributed by atoms with E-state index in [4.69, 9.17) is 0 Å². The zero-order valence-electron chi connectivity index (χ0n) is 11.3. The maximum Gasteiger partial charge on any atom is 0.242 e. The number of carbonyl (C=O) groups is 1. The third-order valence-electron chi connectivity index (χ3n) is 3.55. The lowest BCUT2D eigenvalue weighted by Crippen LogP contribution is -2.44. The summed E-state index contributed by atoms with van der Waals surface area (Å²) in [6.07, 6.45) is 6.04. The van der Waals surface area contributed by atoms with Gasteiger partial charge in [0.25, 0.3) is 0 Å². The van der Waals surface area contributed by atoms with Gasteiger partial charge >= 0.3 is 0 Å². The van der Waals surface area contributed by atoms with Gasteiger partial charge in [-0.1, -0.05) is 25.3 Å². The standard InChI is InChI=1S/C15H21IN2O/c1-11(17-14-9-5-6-12(16)10-14)15(19)18-13-7-3-2-4-8-13/h5-6,9-11,13,17H,2-4,7-8H2,1H3,(H,18,19). The molecule has 1 aliphatic rings. The summed E-state index contributed by atoms with van der Waals surface area (Å²) in [5.74, 6) is 0.103. The van der Waals surface area contributed by atoms with E-state index in [-0.39, 0.29) is 11.9 Å². The van der Waals surface area contributed by atoms with E-state index in [9.17, 15) is 4.79 Å². The molecule has 1 aromatic carbocycles. The zero-order chi connectivity index (χ0) is 13.7. The molecular weight excluding hydrogens is 351 g/mol. The number of hydrogen-bond acceptors (Lipinski definition) is 2. The van der Waals surface area contributed by atoms with Crippen molar-refractivity contribution < 1.29 is 4.79 Å². The lowest BCUT2D eigenvalue weighted by atomic mass is 9.95. The lowest BCUT2D eigenvalue weighted by molar-refractivity contribution is -0.122. The summed E-state index contributed by atoms with van der Waals surface area (Å²) in [6.45, 7) is 1.91. The molecular formula is C15H21IN2O. The number of rotatable bonds is 4. The Morgan fingerprint density at radius 2 is 2.05 bits per heavy atom. The molecule has 0 radical (unpaired) electrons. The van der Waals surface area contributed by atoms with E-state index in [0.717, 1.165) is 18.5 Å². The SMILES string of the molecule is CC(Nc1cccc(I)c1)C(=O)NC1CCCCC1. The van der Waals surface area contributed by atoms with Crippen LogP contribution in [-0.2, 0) is 4.79 Å². The summed E-state index contributed by atoms with van der Waals surface area (Å²) in [7, 11) is 0. The maximum atomic E-state index is 12.1. The van der Waals surface area contributed by atoms with Crippen LogP contribution in [0.5, 0.6) is 0 Å². The Morgan fingerprint density at radius 3 is 2.74 bits per heavy atom. The van der Waals surface area contributed by atoms with Gasteiger partial charge in [0.2, 0.25) is 5.91 Å². The molecule has 1 unspecified atom stereocenters. The summed E-state index contributed by atoms with van der Waals surface area (Å²) < 4.78 is 1.17. The van der Waals surface area contributed by atoms with Crippen molar-refractivity contribution in [1.82, 2.24) is 5.32 Å². The molecule has 0 saturated heterocycles. The van der Waals surface area contributed by atoms with E-state index in [1.54, 1.807) is 0 Å². The van der Waals surface area contributed by atoms with Crippen LogP contribution in [0.15, 0.2) is 24.3 Å². The first kappa shape index (κ1) is 14.6. The second kappa shape index (κ2) is 7.12. The van der Waals surface area contributed by atoms with E-state index < -0.39 is 0 Å². The van der Waals surface area contributed by atoms with Gasteiger partial charge in [0.05, 0.1) is 0 Å². The molecule has 0 heterocycles. The molecule has 1 aromatic rings. The predicted octanol–water partition coefficient (Wildman–Crippen LogP) is 3.54. The summed E-state index contributed by atoms with van der Waals surface area (Å²) in [4.78, 5) is 12.1. The third kappa shape index (κ3) is 4.67. The first-order valence-corrected chi connectivity index (χ1v) is 8.05. The van der Waals surface area contributed by atoms with Crippen LogP contribution in [0.1, 0.15) is 39.0 Å². The summed E-state index contributed by atoms with van der Waals surface area (Å²) >= 11 is 2.27. The van der Waals surface area contributed by atoms with E-state index in [1.165, 1.54) is 22.8 Å². The summed E-state index contributed by atoms with van der Waals surface area (Å²) in [5.41, 5.74) is 0.998. The molecule has 1 amide bonds. The molecule has 1 atom stereocenters. The van der Waals surface area contributed by atoms with Gasteiger partial charge in [-0.25, -0.2) is 0 Å². The average molecular weight is 372 g/mol. The molecule has 1 aliphatic carbocycles. The van der Waals surface area contributed by atoms with Crippen molar-refractivity contribution >= 4 is 34.2 Å². The molecule has 19 heavy (non-hydrogen) atoms. The Hall–Kier alpha value is -0.780. The molecule has 1 fully saturated rings. The van der Waals surface area contributed by atoms with Gasteiger partial charge in [0, 0.05) is 15.3 Å². The van der Waals surface area contributed by atoms with Crippen molar-refractivity contribution in [1.29, 1.82) is 0 Å². The van der Waals surface area contributed by atoms with Crippen molar-refractivity contribution in [3.05, 3.63) is 27.8 Å². The van der Waals surface area contributed by atoms with Crippen molar-refractivity contribution in [2.45, 2.75) is 51.1 Å². The highest BCUT2D eigenvalue weighted by Gasteiger charge is 2.19. The number of halogens is 1. The second-order valence-corrected chi connectivity index (χ2v) is 6.47. The van der Waals surface area contributed by atoms with E-state index in [0.29, 0.717) is 6.04 Å². The molecule has 0 bridgehead atoms. The fourth-order valence-electron chi connectivity index (χ4n) is 2.47. The van der Waals surface area contributed by atoms with Crippen molar-refractivity contribution in [3.8, 4) is 0 Å². The van der Waals surface area contributed by atoms with E-state index in [1.807, 2.05) is 31.2 Å². The Labute approximate surface area is 128 Å². The number of hydrogen-bond donors (Lipinski definition) is 2. The molecule has 0 spiro atoms. The lowest BCUT2D eigenvalue weighted by Gasteiger charge is -2.25. The molecule has 2 rings (SSSR count). The van der Waals surface area contributed by atoms with E-state index in [2.05, 4.69) is 33.2 Å². The number of benzene rings is 1. The van der Waals surface area contributed by atoms with Crippen LogP contribution in [0.4, 0.5) is 5.69 Å². The smallest absolute Gasteiger partial charge is 0.242 e. The van der Waals surface area contributed by atoms with Crippen molar-refractivity contribution in [3.63, 3.8) is 0 Å². The van der Waals surface area contributed by atoms with Crippen LogP contribution in [0.25, 0.3) is 0 Å². The fourth-order valence-corrected chi connectivity index (χ4v) is 3.01. The highest BCUT2D eigenvalue weighted by molar-refractivity contribution is 14.1. The Kier molecular flexibility index (Phi) is 5.48. The average Bonchev–Trinajstić information content (AvgIpc) is 2.40. The van der Waals surface area contributed by atoms with Gasteiger partial charge < -0.3 is 10.6 Å². The maximum absolute atomic E-state index is 12.1. The molecule has 3 nitrogen and oxygen atoms in total. The van der Waals surface area contributed by atoms with Gasteiger partial charge in [0.15, 0.2) is 0 Å². The molecule has 1 saturated carbocycles. The quantitative estimate of drug-likeness (QED) is 0.794. The highest BCUT2D eigenvalue weighted by Crippen LogP contribution is 2.18. The topological polar surface area (TPSA) is 41.1 Å². The largest absolute Gasteiger partial charge is 0.374 e. The van der Waals surface area contributed by atoms with Crippen molar-refractivity contribution in [2.24, 2.45) is 0 Å². The summed E-state index contributed by atoms with van der Waals surface area (Å²) in [5, 5.41) is 6.41. The number of amides is 1. The molecule has 0 aromatic heterocycles. The summed E-state index contributed by atoms with van der Waals surface area (Å²) in [6, 6.07) is 8.26. The molecule has 104 valence electrons. The Bertz CT molecular complexity index is 430. The molecule has 2 N–H and O–H groups in total. The van der Waals surface area contributed by atoms with Crippen LogP contribution in [0.2, 0.25) is 0 Å². The molecule has 0 aliphatic heterocycles. The van der Waals surface area contributed by atoms with Crippen molar-refractivity contribution in [2.75, 3.05) is 5.32 Å². The second-order valence-electron chi connectivity index (χ2n) is 5.22. The normalized spacial score (nSPS) is 17.8. The fraction of sp³-hybridized carbons (Fsp3) is 0.533. The van der Waals surface area contributed by atoms with Crippen LogP contribution in [0.3, 0.4) is 0 Å². The van der Waals surface area contributed by atoms with Gasteiger partial charge in [-0.2, -0.15) is 0 Å². The minimum atomic E-state index is -0.194. The number of nitrogens with one attached hydrogen (secondary N) is 2. The Morgan fingerprint density at radius 1 is 1.32 bits per heavy atom. The minimum Gasteiger partial charge on any atom is -0.374 e. The first-order valence-electron chi connectivity index (χ1n) is 6.97. The Balaban J connectivity index is 1.84. The van der Waals surface area contributed by atoms with Crippen LogP contribution in [-0.4, -0.2) is 18.0 Å². The van der Waals surface area contributed by atoms with Crippen LogP contribution >= 0.6 is 22.6 Å².